The SMILES string of the molecule is Cc1ccc(CNC[C@@]2(O)CN(S(=O)(=O)c3ccccc3)CC[C@@H]2O)cc1. The van der Waals surface area contributed by atoms with E-state index in [4.69, 9.17) is 0 Å². The molecule has 2 aromatic rings. The van der Waals surface area contributed by atoms with Gasteiger partial charge in [0.25, 0.3) is 0 Å². The van der Waals surface area contributed by atoms with Gasteiger partial charge in [0.2, 0.25) is 10.0 Å². The van der Waals surface area contributed by atoms with Crippen LogP contribution in [0.4, 0.5) is 0 Å². The van der Waals surface area contributed by atoms with Crippen LogP contribution in [0.5, 0.6) is 0 Å². The molecule has 2 atom stereocenters. The number of aliphatic hydroxyl groups excluding tert-OH is 1. The zero-order valence-electron chi connectivity index (χ0n) is 15.4. The van der Waals surface area contributed by atoms with Gasteiger partial charge in [0.15, 0.2) is 0 Å². The van der Waals surface area contributed by atoms with Crippen molar-refractivity contribution < 1.29 is 18.6 Å². The number of nitrogens with zero attached hydrogens (tertiary/aromatic N) is 1. The predicted molar refractivity (Wildman–Crippen MR) is 104 cm³/mol. The topological polar surface area (TPSA) is 89.9 Å². The Labute approximate surface area is 160 Å². The molecule has 0 aliphatic carbocycles. The van der Waals surface area contributed by atoms with E-state index in [1.54, 1.807) is 18.2 Å². The molecule has 0 bridgehead atoms. The maximum Gasteiger partial charge on any atom is 0.243 e. The number of nitrogens with one attached hydrogen (secondary N) is 1. The molecular formula is C20H26N2O4S. The Morgan fingerprint density at radius 3 is 2.48 bits per heavy atom. The van der Waals surface area contributed by atoms with E-state index in [9.17, 15) is 18.6 Å². The summed E-state index contributed by atoms with van der Waals surface area (Å²) >= 11 is 0. The summed E-state index contributed by atoms with van der Waals surface area (Å²) in [6, 6.07) is 16.2. The van der Waals surface area contributed by atoms with E-state index < -0.39 is 21.7 Å². The number of aliphatic hydroxyl groups is 2. The summed E-state index contributed by atoms with van der Waals surface area (Å²) in [4.78, 5) is 0.191. The zero-order chi connectivity index (χ0) is 19.5. The quantitative estimate of drug-likeness (QED) is 0.691. The monoisotopic (exact) mass is 390 g/mol. The normalized spacial score (nSPS) is 24.0. The highest BCUT2D eigenvalue weighted by Crippen LogP contribution is 2.26. The van der Waals surface area contributed by atoms with Gasteiger partial charge in [-0.05, 0) is 31.0 Å². The lowest BCUT2D eigenvalue weighted by atomic mass is 9.90. The van der Waals surface area contributed by atoms with Crippen molar-refractivity contribution in [1.29, 1.82) is 0 Å². The molecule has 0 spiro atoms. The van der Waals surface area contributed by atoms with Crippen molar-refractivity contribution in [2.75, 3.05) is 19.6 Å². The van der Waals surface area contributed by atoms with Crippen molar-refractivity contribution in [3.05, 3.63) is 65.7 Å². The molecule has 27 heavy (non-hydrogen) atoms. The number of piperidine rings is 1. The van der Waals surface area contributed by atoms with Gasteiger partial charge in [-0.1, -0.05) is 48.0 Å². The lowest BCUT2D eigenvalue weighted by Crippen LogP contribution is -2.62. The van der Waals surface area contributed by atoms with Crippen molar-refractivity contribution in [1.82, 2.24) is 9.62 Å². The third kappa shape index (κ3) is 4.56. The van der Waals surface area contributed by atoms with Crippen molar-refractivity contribution in [3.63, 3.8) is 0 Å². The highest BCUT2D eigenvalue weighted by Gasteiger charge is 2.44. The molecule has 1 aliphatic rings. The fraction of sp³-hybridized carbons (Fsp3) is 0.400. The molecule has 3 rings (SSSR count). The number of β-amino-alcohol motifs (C(OH)–C–C–N with tert-alkyl or cyclic N) is 1. The highest BCUT2D eigenvalue weighted by atomic mass is 32.2. The molecule has 0 radical (unpaired) electrons. The molecular weight excluding hydrogens is 364 g/mol. The van der Waals surface area contributed by atoms with Crippen molar-refractivity contribution in [2.45, 2.75) is 36.5 Å². The summed E-state index contributed by atoms with van der Waals surface area (Å²) in [6.07, 6.45) is -0.792. The van der Waals surface area contributed by atoms with Gasteiger partial charge in [0.05, 0.1) is 11.0 Å². The van der Waals surface area contributed by atoms with Crippen molar-refractivity contribution >= 4 is 10.0 Å². The number of hydrogen-bond acceptors (Lipinski definition) is 5. The molecule has 1 saturated heterocycles. The van der Waals surface area contributed by atoms with E-state index in [1.165, 1.54) is 22.0 Å². The number of sulfonamides is 1. The number of aryl methyl sites for hydroxylation is 1. The molecule has 1 aliphatic heterocycles. The third-order valence-corrected chi connectivity index (χ3v) is 6.84. The summed E-state index contributed by atoms with van der Waals surface area (Å²) in [5, 5.41) is 24.4. The number of benzene rings is 2. The van der Waals surface area contributed by atoms with Crippen LogP contribution in [-0.2, 0) is 16.6 Å². The summed E-state index contributed by atoms with van der Waals surface area (Å²) in [5.74, 6) is 0. The maximum atomic E-state index is 12.8. The van der Waals surface area contributed by atoms with Crippen LogP contribution in [0, 0.1) is 6.92 Å². The molecule has 146 valence electrons. The molecule has 0 unspecified atom stereocenters. The van der Waals surface area contributed by atoms with Crippen LogP contribution in [0.3, 0.4) is 0 Å². The second-order valence-corrected chi connectivity index (χ2v) is 9.09. The minimum Gasteiger partial charge on any atom is -0.390 e. The van der Waals surface area contributed by atoms with Crippen molar-refractivity contribution in [3.8, 4) is 0 Å². The first-order chi connectivity index (χ1) is 12.8. The summed E-state index contributed by atoms with van der Waals surface area (Å²) in [6.45, 7) is 2.68. The Hall–Kier alpha value is -1.77. The molecule has 7 heteroatoms. The Morgan fingerprint density at radius 1 is 1.15 bits per heavy atom. The third-order valence-electron chi connectivity index (χ3n) is 4.98. The van der Waals surface area contributed by atoms with Crippen LogP contribution in [-0.4, -0.2) is 54.3 Å². The average molecular weight is 391 g/mol. The minimum absolute atomic E-state index is 0.100. The molecule has 3 N–H and O–H groups in total. The number of hydrogen-bond donors (Lipinski definition) is 3. The Balaban J connectivity index is 1.67. The van der Waals surface area contributed by atoms with Gasteiger partial charge in [-0.25, -0.2) is 8.42 Å². The second kappa shape index (κ2) is 8.08. The van der Waals surface area contributed by atoms with Crippen LogP contribution < -0.4 is 5.32 Å². The first kappa shape index (κ1) is 20.0. The molecule has 2 aromatic carbocycles. The maximum absolute atomic E-state index is 12.8. The van der Waals surface area contributed by atoms with Gasteiger partial charge >= 0.3 is 0 Å². The minimum atomic E-state index is -3.70. The lowest BCUT2D eigenvalue weighted by Gasteiger charge is -2.42. The van der Waals surface area contributed by atoms with E-state index in [0.29, 0.717) is 6.54 Å². The van der Waals surface area contributed by atoms with Gasteiger partial charge in [0.1, 0.15) is 5.60 Å². The van der Waals surface area contributed by atoms with Gasteiger partial charge in [0, 0.05) is 26.2 Å². The van der Waals surface area contributed by atoms with Gasteiger partial charge in [-0.3, -0.25) is 0 Å². The molecule has 1 fully saturated rings. The fourth-order valence-electron chi connectivity index (χ4n) is 3.27. The van der Waals surface area contributed by atoms with Crippen LogP contribution >= 0.6 is 0 Å². The van der Waals surface area contributed by atoms with Crippen LogP contribution in [0.25, 0.3) is 0 Å². The van der Waals surface area contributed by atoms with Crippen molar-refractivity contribution in [2.24, 2.45) is 0 Å². The predicted octanol–water partition coefficient (Wildman–Crippen LogP) is 1.27. The summed E-state index contributed by atoms with van der Waals surface area (Å²) in [5.41, 5.74) is 0.690. The Kier molecular flexibility index (Phi) is 5.98. The van der Waals surface area contributed by atoms with Gasteiger partial charge in [-0.15, -0.1) is 0 Å². The van der Waals surface area contributed by atoms with E-state index in [-0.39, 0.29) is 31.0 Å². The summed E-state index contributed by atoms with van der Waals surface area (Å²) < 4.78 is 26.9. The Morgan fingerprint density at radius 2 is 1.81 bits per heavy atom. The lowest BCUT2D eigenvalue weighted by molar-refractivity contribution is -0.104. The van der Waals surface area contributed by atoms with Crippen LogP contribution in [0.2, 0.25) is 0 Å². The molecule has 1 heterocycles. The summed E-state index contributed by atoms with van der Waals surface area (Å²) in [7, 11) is -3.70. The van der Waals surface area contributed by atoms with E-state index in [2.05, 4.69) is 5.32 Å². The van der Waals surface area contributed by atoms with E-state index in [1.807, 2.05) is 31.2 Å². The molecule has 0 aromatic heterocycles. The smallest absolute Gasteiger partial charge is 0.243 e. The van der Waals surface area contributed by atoms with Crippen LogP contribution in [0.15, 0.2) is 59.5 Å². The second-order valence-electron chi connectivity index (χ2n) is 7.15. The first-order valence-corrected chi connectivity index (χ1v) is 10.5. The van der Waals surface area contributed by atoms with Crippen LogP contribution in [0.1, 0.15) is 17.5 Å². The number of rotatable bonds is 6. The Bertz CT molecular complexity index is 855. The van der Waals surface area contributed by atoms with E-state index >= 15 is 0 Å². The first-order valence-electron chi connectivity index (χ1n) is 9.03. The van der Waals surface area contributed by atoms with E-state index in [0.717, 1.165) is 5.56 Å². The van der Waals surface area contributed by atoms with Gasteiger partial charge < -0.3 is 15.5 Å². The largest absolute Gasteiger partial charge is 0.390 e. The highest BCUT2D eigenvalue weighted by molar-refractivity contribution is 7.89. The zero-order valence-corrected chi connectivity index (χ0v) is 16.2. The average Bonchev–Trinajstić information content (AvgIpc) is 2.66. The standard InChI is InChI=1S/C20H26N2O4S/c1-16-7-9-17(10-8-16)13-21-14-20(24)15-22(12-11-19(20)23)27(25,26)18-5-3-2-4-6-18/h2-10,19,21,23-24H,11-15H2,1H3/t19-,20+/m0/s1. The van der Waals surface area contributed by atoms with Gasteiger partial charge in [-0.2, -0.15) is 4.31 Å². The molecule has 0 saturated carbocycles. The molecule has 6 nitrogen and oxygen atoms in total. The fourth-order valence-corrected chi connectivity index (χ4v) is 4.81. The molecule has 0 amide bonds.